The van der Waals surface area contributed by atoms with Gasteiger partial charge < -0.3 is 4.98 Å². The Hall–Kier alpha value is -3.34. The van der Waals surface area contributed by atoms with Gasteiger partial charge in [0, 0.05) is 46.7 Å². The Labute approximate surface area is 162 Å². The number of fused-ring (bicyclic) bond motifs is 1. The zero-order chi connectivity index (χ0) is 19.7. The fraction of sp³-hybridized carbons (Fsp3) is 0.174. The maximum absolute atomic E-state index is 14.6. The van der Waals surface area contributed by atoms with Crippen LogP contribution in [-0.4, -0.2) is 20.7 Å². The van der Waals surface area contributed by atoms with E-state index in [0.29, 0.717) is 17.7 Å². The van der Waals surface area contributed by atoms with Gasteiger partial charge in [-0.1, -0.05) is 24.6 Å². The lowest BCUT2D eigenvalue weighted by molar-refractivity contribution is 0.103. The van der Waals surface area contributed by atoms with Crippen molar-refractivity contribution in [2.45, 2.75) is 26.7 Å². The Morgan fingerprint density at radius 1 is 1.07 bits per heavy atom. The Morgan fingerprint density at radius 2 is 1.89 bits per heavy atom. The second-order valence-electron chi connectivity index (χ2n) is 6.91. The van der Waals surface area contributed by atoms with Crippen LogP contribution in [0.2, 0.25) is 0 Å². The van der Waals surface area contributed by atoms with Gasteiger partial charge in [0.05, 0.1) is 5.56 Å². The van der Waals surface area contributed by atoms with Crippen LogP contribution in [0, 0.1) is 12.9 Å². The van der Waals surface area contributed by atoms with Crippen LogP contribution in [0.4, 0.5) is 4.39 Å². The molecule has 0 aliphatic heterocycles. The molecule has 0 radical (unpaired) electrons. The van der Waals surface area contributed by atoms with Crippen LogP contribution in [0.3, 0.4) is 0 Å². The predicted octanol–water partition coefficient (Wildman–Crippen LogP) is 4.79. The number of nitrogens with zero attached hydrogens (tertiary/aromatic N) is 2. The lowest BCUT2D eigenvalue weighted by atomic mass is 10.0. The Balaban J connectivity index is 1.61. The summed E-state index contributed by atoms with van der Waals surface area (Å²) in [5.74, 6) is -1.12. The summed E-state index contributed by atoms with van der Waals surface area (Å²) in [6, 6.07) is 12.9. The second kappa shape index (κ2) is 7.35. The lowest BCUT2D eigenvalue weighted by Crippen LogP contribution is -2.07. The first kappa shape index (κ1) is 18.0. The third kappa shape index (κ3) is 3.43. The van der Waals surface area contributed by atoms with E-state index in [9.17, 15) is 9.18 Å². The van der Waals surface area contributed by atoms with Crippen molar-refractivity contribution in [3.63, 3.8) is 0 Å². The van der Waals surface area contributed by atoms with Crippen molar-refractivity contribution in [3.8, 4) is 0 Å². The van der Waals surface area contributed by atoms with Crippen LogP contribution in [0.15, 0.2) is 54.9 Å². The van der Waals surface area contributed by atoms with E-state index in [0.717, 1.165) is 34.1 Å². The fourth-order valence-electron chi connectivity index (χ4n) is 3.29. The Kier molecular flexibility index (Phi) is 4.74. The van der Waals surface area contributed by atoms with Crippen LogP contribution in [0.1, 0.15) is 45.4 Å². The number of carbonyl (C=O) groups excluding carboxylic acids is 1. The van der Waals surface area contributed by atoms with Crippen molar-refractivity contribution in [2.24, 2.45) is 0 Å². The number of carbonyl (C=O) groups is 1. The van der Waals surface area contributed by atoms with Gasteiger partial charge in [-0.2, -0.15) is 4.39 Å². The van der Waals surface area contributed by atoms with Gasteiger partial charge in [0.1, 0.15) is 0 Å². The van der Waals surface area contributed by atoms with E-state index in [4.69, 9.17) is 0 Å². The molecule has 0 unspecified atom stereocenters. The molecule has 1 N–H and O–H groups in total. The number of hydrogen-bond donors (Lipinski definition) is 1. The van der Waals surface area contributed by atoms with Crippen molar-refractivity contribution >= 4 is 16.7 Å². The molecular weight excluding hydrogens is 353 g/mol. The predicted molar refractivity (Wildman–Crippen MR) is 107 cm³/mol. The Bertz CT molecular complexity index is 1160. The first-order valence-corrected chi connectivity index (χ1v) is 9.27. The molecule has 140 valence electrons. The highest BCUT2D eigenvalue weighted by Crippen LogP contribution is 2.23. The minimum atomic E-state index is -0.748. The molecule has 28 heavy (non-hydrogen) atoms. The molecule has 3 aromatic heterocycles. The highest BCUT2D eigenvalue weighted by Gasteiger charge is 2.19. The quantitative estimate of drug-likeness (QED) is 0.404. The summed E-state index contributed by atoms with van der Waals surface area (Å²) in [5, 5.41) is 0.788. The molecule has 0 aliphatic carbocycles. The van der Waals surface area contributed by atoms with Gasteiger partial charge in [-0.05, 0) is 49.2 Å². The number of halogens is 1. The molecular formula is C23H20FN3O. The molecule has 0 fully saturated rings. The van der Waals surface area contributed by atoms with Gasteiger partial charge in [-0.3, -0.25) is 9.78 Å². The van der Waals surface area contributed by atoms with Crippen molar-refractivity contribution in [3.05, 3.63) is 94.4 Å². The highest BCUT2D eigenvalue weighted by atomic mass is 19.1. The zero-order valence-corrected chi connectivity index (χ0v) is 15.8. The molecule has 1 aromatic carbocycles. The molecule has 0 saturated heterocycles. The summed E-state index contributed by atoms with van der Waals surface area (Å²) < 4.78 is 14.6. The molecule has 5 heteroatoms. The Morgan fingerprint density at radius 3 is 2.61 bits per heavy atom. The summed E-state index contributed by atoms with van der Waals surface area (Å²) in [5.41, 5.74) is 4.85. The average Bonchev–Trinajstić information content (AvgIpc) is 3.11. The lowest BCUT2D eigenvalue weighted by Gasteiger charge is -2.06. The number of aromatic nitrogens is 3. The third-order valence-electron chi connectivity index (χ3n) is 4.87. The largest absolute Gasteiger partial charge is 0.360 e. The van der Waals surface area contributed by atoms with Crippen molar-refractivity contribution in [1.82, 2.24) is 15.0 Å². The molecule has 4 nitrogen and oxygen atoms in total. The minimum absolute atomic E-state index is 0.0226. The van der Waals surface area contributed by atoms with E-state index in [1.54, 1.807) is 18.5 Å². The van der Waals surface area contributed by atoms with Crippen LogP contribution >= 0.6 is 0 Å². The standard InChI is InChI=1S/C23H20FN3O/c1-3-16-6-5-15(12-25-16)11-17-7-8-18(23(24)27-17)22(28)20-13-26-21-9-4-14(2)10-19(20)21/h4-10,12-13,26H,3,11H2,1-2H3. The summed E-state index contributed by atoms with van der Waals surface area (Å²) in [7, 11) is 0. The summed E-state index contributed by atoms with van der Waals surface area (Å²) in [6.07, 6.45) is 4.75. The third-order valence-corrected chi connectivity index (χ3v) is 4.87. The maximum Gasteiger partial charge on any atom is 0.224 e. The number of nitrogens with one attached hydrogen (secondary N) is 1. The van der Waals surface area contributed by atoms with E-state index in [2.05, 4.69) is 15.0 Å². The number of pyridine rings is 2. The van der Waals surface area contributed by atoms with E-state index in [1.165, 1.54) is 6.07 Å². The minimum Gasteiger partial charge on any atom is -0.360 e. The van der Waals surface area contributed by atoms with Gasteiger partial charge in [-0.25, -0.2) is 4.98 Å². The SMILES string of the molecule is CCc1ccc(Cc2ccc(C(=O)c3c[nH]c4ccc(C)cc34)c(F)n2)cn1. The number of rotatable bonds is 5. The molecule has 0 amide bonds. The topological polar surface area (TPSA) is 58.6 Å². The summed E-state index contributed by atoms with van der Waals surface area (Å²) in [6.45, 7) is 4.00. The second-order valence-corrected chi connectivity index (χ2v) is 6.91. The number of hydrogen-bond acceptors (Lipinski definition) is 3. The number of H-pyrrole nitrogens is 1. The van der Waals surface area contributed by atoms with Crippen molar-refractivity contribution in [2.75, 3.05) is 0 Å². The van der Waals surface area contributed by atoms with Crippen molar-refractivity contribution < 1.29 is 9.18 Å². The average molecular weight is 373 g/mol. The normalized spacial score (nSPS) is 11.1. The highest BCUT2D eigenvalue weighted by molar-refractivity contribution is 6.16. The van der Waals surface area contributed by atoms with Gasteiger partial charge in [0.25, 0.3) is 0 Å². The first-order valence-electron chi connectivity index (χ1n) is 9.27. The van der Waals surface area contributed by atoms with E-state index < -0.39 is 5.95 Å². The van der Waals surface area contributed by atoms with Gasteiger partial charge >= 0.3 is 0 Å². The number of benzene rings is 1. The molecule has 0 saturated carbocycles. The van der Waals surface area contributed by atoms with E-state index >= 15 is 0 Å². The number of ketones is 1. The fourth-order valence-corrected chi connectivity index (χ4v) is 3.29. The molecule has 3 heterocycles. The molecule has 0 bridgehead atoms. The molecule has 0 aliphatic rings. The molecule has 0 spiro atoms. The first-order chi connectivity index (χ1) is 13.5. The van der Waals surface area contributed by atoms with E-state index in [-0.39, 0.29) is 11.3 Å². The van der Waals surface area contributed by atoms with Crippen LogP contribution in [0.5, 0.6) is 0 Å². The molecule has 0 atom stereocenters. The summed E-state index contributed by atoms with van der Waals surface area (Å²) in [4.78, 5) is 24.3. The molecule has 4 rings (SSSR count). The van der Waals surface area contributed by atoms with E-state index in [1.807, 2.05) is 44.2 Å². The van der Waals surface area contributed by atoms with Gasteiger partial charge in [0.15, 0.2) is 5.78 Å². The van der Waals surface area contributed by atoms with Gasteiger partial charge in [-0.15, -0.1) is 0 Å². The molecule has 4 aromatic rings. The maximum atomic E-state index is 14.6. The summed E-state index contributed by atoms with van der Waals surface area (Å²) >= 11 is 0. The zero-order valence-electron chi connectivity index (χ0n) is 15.8. The smallest absolute Gasteiger partial charge is 0.224 e. The monoisotopic (exact) mass is 373 g/mol. The number of aryl methyl sites for hydroxylation is 2. The van der Waals surface area contributed by atoms with Crippen LogP contribution in [0.25, 0.3) is 10.9 Å². The number of aromatic amines is 1. The van der Waals surface area contributed by atoms with Gasteiger partial charge in [0.2, 0.25) is 5.95 Å². The van der Waals surface area contributed by atoms with Crippen LogP contribution < -0.4 is 0 Å². The van der Waals surface area contributed by atoms with Crippen molar-refractivity contribution in [1.29, 1.82) is 0 Å². The van der Waals surface area contributed by atoms with Crippen LogP contribution in [-0.2, 0) is 12.8 Å².